The van der Waals surface area contributed by atoms with Crippen molar-refractivity contribution in [3.05, 3.63) is 29.3 Å². The van der Waals surface area contributed by atoms with E-state index in [0.717, 1.165) is 11.1 Å². The lowest BCUT2D eigenvalue weighted by Crippen LogP contribution is -2.36. The monoisotopic (exact) mass is 262 g/mol. The van der Waals surface area contributed by atoms with Gasteiger partial charge >= 0.3 is 5.97 Å². The molecular formula is C15H18O4. The van der Waals surface area contributed by atoms with Crippen LogP contribution in [0.25, 0.3) is 0 Å². The first-order valence-electron chi connectivity index (χ1n) is 6.31. The predicted molar refractivity (Wildman–Crippen MR) is 70.1 cm³/mol. The van der Waals surface area contributed by atoms with Gasteiger partial charge in [-0.25, -0.2) is 0 Å². The number of Topliss-reactive ketones (excluding diaryl/α,β-unsaturated/α-hetero) is 1. The van der Waals surface area contributed by atoms with Gasteiger partial charge in [0.1, 0.15) is 16.9 Å². The van der Waals surface area contributed by atoms with E-state index in [0.29, 0.717) is 25.2 Å². The van der Waals surface area contributed by atoms with Gasteiger partial charge in [-0.1, -0.05) is 17.7 Å². The molecular weight excluding hydrogens is 244 g/mol. The molecule has 1 fully saturated rings. The van der Waals surface area contributed by atoms with E-state index in [1.807, 2.05) is 25.1 Å². The summed E-state index contributed by atoms with van der Waals surface area (Å²) in [6.45, 7) is 3.73. The number of aryl methyl sites for hydroxylation is 1. The van der Waals surface area contributed by atoms with Gasteiger partial charge in [0, 0.05) is 6.42 Å². The van der Waals surface area contributed by atoms with Crippen molar-refractivity contribution in [2.24, 2.45) is 5.41 Å². The van der Waals surface area contributed by atoms with E-state index in [-0.39, 0.29) is 5.78 Å². The summed E-state index contributed by atoms with van der Waals surface area (Å²) >= 11 is 0. The summed E-state index contributed by atoms with van der Waals surface area (Å²) in [7, 11) is 1.58. The van der Waals surface area contributed by atoms with Crippen LogP contribution in [0.2, 0.25) is 0 Å². The van der Waals surface area contributed by atoms with E-state index < -0.39 is 11.4 Å². The third kappa shape index (κ3) is 2.35. The largest absolute Gasteiger partial charge is 0.496 e. The summed E-state index contributed by atoms with van der Waals surface area (Å²) < 4.78 is 10.3. The molecule has 0 radical (unpaired) electrons. The van der Waals surface area contributed by atoms with Gasteiger partial charge in [-0.2, -0.15) is 0 Å². The van der Waals surface area contributed by atoms with Crippen LogP contribution in [0.15, 0.2) is 18.2 Å². The van der Waals surface area contributed by atoms with Crippen LogP contribution in [0.4, 0.5) is 0 Å². The van der Waals surface area contributed by atoms with Crippen molar-refractivity contribution in [3.63, 3.8) is 0 Å². The number of methoxy groups -OCH3 is 1. The summed E-state index contributed by atoms with van der Waals surface area (Å²) in [6.07, 6.45) is 0.782. The Morgan fingerprint density at radius 2 is 2.21 bits per heavy atom. The van der Waals surface area contributed by atoms with Gasteiger partial charge in [0.15, 0.2) is 0 Å². The predicted octanol–water partition coefficient (Wildman–Crippen LogP) is 2.07. The highest BCUT2D eigenvalue weighted by molar-refractivity contribution is 6.04. The van der Waals surface area contributed by atoms with Gasteiger partial charge in [-0.3, -0.25) is 9.59 Å². The Morgan fingerprint density at radius 3 is 2.74 bits per heavy atom. The van der Waals surface area contributed by atoms with Crippen LogP contribution in [0, 0.1) is 12.3 Å². The highest BCUT2D eigenvalue weighted by atomic mass is 16.5. The number of ketones is 1. The minimum Gasteiger partial charge on any atom is -0.496 e. The normalized spacial score (nSPS) is 22.2. The van der Waals surface area contributed by atoms with Crippen molar-refractivity contribution < 1.29 is 19.1 Å². The molecule has 1 unspecified atom stereocenters. The molecule has 0 amide bonds. The molecule has 0 saturated carbocycles. The molecule has 102 valence electrons. The number of hydrogen-bond donors (Lipinski definition) is 0. The summed E-state index contributed by atoms with van der Waals surface area (Å²) in [5.41, 5.74) is 0.901. The van der Waals surface area contributed by atoms with Crippen molar-refractivity contribution in [2.75, 3.05) is 13.7 Å². The fourth-order valence-electron chi connectivity index (χ4n) is 2.53. The molecule has 1 saturated heterocycles. The summed E-state index contributed by atoms with van der Waals surface area (Å²) in [4.78, 5) is 23.9. The highest BCUT2D eigenvalue weighted by Crippen LogP contribution is 2.37. The average Bonchev–Trinajstić information content (AvgIpc) is 2.72. The fourth-order valence-corrected chi connectivity index (χ4v) is 2.53. The van der Waals surface area contributed by atoms with Gasteiger partial charge in [0.05, 0.1) is 13.7 Å². The molecule has 0 aliphatic carbocycles. The molecule has 0 bridgehead atoms. The number of ether oxygens (including phenoxy) is 2. The van der Waals surface area contributed by atoms with E-state index >= 15 is 0 Å². The summed E-state index contributed by atoms with van der Waals surface area (Å²) in [5.74, 6) is 0.146. The van der Waals surface area contributed by atoms with Crippen LogP contribution in [0.5, 0.6) is 5.75 Å². The zero-order chi connectivity index (χ0) is 14.0. The van der Waals surface area contributed by atoms with E-state index in [1.165, 1.54) is 6.92 Å². The van der Waals surface area contributed by atoms with Crippen molar-refractivity contribution in [3.8, 4) is 5.75 Å². The molecule has 1 heterocycles. The van der Waals surface area contributed by atoms with E-state index in [4.69, 9.17) is 9.47 Å². The molecule has 2 rings (SSSR count). The lowest BCUT2D eigenvalue weighted by molar-refractivity contribution is -0.150. The van der Waals surface area contributed by atoms with Gasteiger partial charge in [-0.15, -0.1) is 0 Å². The van der Waals surface area contributed by atoms with Crippen molar-refractivity contribution in [1.82, 2.24) is 0 Å². The molecule has 0 spiro atoms. The number of benzene rings is 1. The van der Waals surface area contributed by atoms with E-state index in [2.05, 4.69) is 0 Å². The van der Waals surface area contributed by atoms with E-state index in [9.17, 15) is 9.59 Å². The van der Waals surface area contributed by atoms with Crippen LogP contribution in [0.1, 0.15) is 24.5 Å². The SMILES string of the molecule is COc1ccc(C)cc1CC1(C(C)=O)CCOC1=O. The number of hydrogen-bond acceptors (Lipinski definition) is 4. The molecule has 1 atom stereocenters. The van der Waals surface area contributed by atoms with Gasteiger partial charge in [0.25, 0.3) is 0 Å². The number of carbonyl (C=O) groups is 2. The number of rotatable bonds is 4. The van der Waals surface area contributed by atoms with Gasteiger partial charge in [0.2, 0.25) is 0 Å². The van der Waals surface area contributed by atoms with Crippen molar-refractivity contribution in [2.45, 2.75) is 26.7 Å². The van der Waals surface area contributed by atoms with Crippen molar-refractivity contribution >= 4 is 11.8 Å². The molecule has 1 aliphatic rings. The maximum atomic E-state index is 11.9. The quantitative estimate of drug-likeness (QED) is 0.615. The Kier molecular flexibility index (Phi) is 3.60. The molecule has 1 aromatic rings. The minimum absolute atomic E-state index is 0.140. The highest BCUT2D eigenvalue weighted by Gasteiger charge is 2.49. The standard InChI is InChI=1S/C15H18O4/c1-10-4-5-13(18-3)12(8-10)9-15(11(2)16)6-7-19-14(15)17/h4-5,8H,6-7,9H2,1-3H3. The van der Waals surface area contributed by atoms with Crippen molar-refractivity contribution in [1.29, 1.82) is 0 Å². The molecule has 4 heteroatoms. The Morgan fingerprint density at radius 1 is 1.47 bits per heavy atom. The average molecular weight is 262 g/mol. The third-order valence-corrected chi connectivity index (χ3v) is 3.75. The molecule has 0 N–H and O–H groups in total. The first-order chi connectivity index (χ1) is 8.99. The van der Waals surface area contributed by atoms with E-state index in [1.54, 1.807) is 7.11 Å². The first kappa shape index (κ1) is 13.6. The van der Waals surface area contributed by atoms with Gasteiger partial charge in [-0.05, 0) is 31.9 Å². The zero-order valence-corrected chi connectivity index (χ0v) is 11.5. The van der Waals surface area contributed by atoms with Gasteiger partial charge < -0.3 is 9.47 Å². The lowest BCUT2D eigenvalue weighted by Gasteiger charge is -2.22. The Bertz CT molecular complexity index is 521. The van der Waals surface area contributed by atoms with Crippen LogP contribution >= 0.6 is 0 Å². The lowest BCUT2D eigenvalue weighted by atomic mass is 9.77. The number of carbonyl (C=O) groups excluding carboxylic acids is 2. The summed E-state index contributed by atoms with van der Waals surface area (Å²) in [6, 6.07) is 5.75. The van der Waals surface area contributed by atoms with Crippen LogP contribution in [-0.2, 0) is 20.7 Å². The fraction of sp³-hybridized carbons (Fsp3) is 0.467. The number of cyclic esters (lactones) is 1. The Labute approximate surface area is 112 Å². The van der Waals surface area contributed by atoms with Crippen LogP contribution < -0.4 is 4.74 Å². The second kappa shape index (κ2) is 5.03. The second-order valence-corrected chi connectivity index (χ2v) is 5.02. The maximum Gasteiger partial charge on any atom is 0.320 e. The third-order valence-electron chi connectivity index (χ3n) is 3.75. The first-order valence-corrected chi connectivity index (χ1v) is 6.31. The zero-order valence-electron chi connectivity index (χ0n) is 11.5. The van der Waals surface area contributed by atoms with Crippen LogP contribution in [-0.4, -0.2) is 25.5 Å². The smallest absolute Gasteiger partial charge is 0.320 e. The Hall–Kier alpha value is -1.84. The second-order valence-electron chi connectivity index (χ2n) is 5.02. The molecule has 0 aromatic heterocycles. The maximum absolute atomic E-state index is 11.9. The topological polar surface area (TPSA) is 52.6 Å². The summed E-state index contributed by atoms with van der Waals surface area (Å²) in [5, 5.41) is 0. The minimum atomic E-state index is -1.04. The molecule has 1 aromatic carbocycles. The van der Waals surface area contributed by atoms with Crippen LogP contribution in [0.3, 0.4) is 0 Å². The molecule has 4 nitrogen and oxygen atoms in total. The molecule has 1 aliphatic heterocycles. The molecule has 19 heavy (non-hydrogen) atoms. The Balaban J connectivity index is 2.40. The number of esters is 1.